The molecular weight excluding hydrogens is 334 g/mol. The highest BCUT2D eigenvalue weighted by molar-refractivity contribution is 7.90. The van der Waals surface area contributed by atoms with Gasteiger partial charge in [-0.05, 0) is 53.8 Å². The van der Waals surface area contributed by atoms with Crippen molar-refractivity contribution in [3.8, 4) is 16.9 Å². The van der Waals surface area contributed by atoms with E-state index < -0.39 is 17.1 Å². The van der Waals surface area contributed by atoms with Crippen LogP contribution >= 0.6 is 0 Å². The SMILES string of the molecule is C[S+]([O-])c1ccc(-n2nc(C(N)=O)c3c2-c2ccccc2CC3)cc1. The molecule has 0 saturated heterocycles. The van der Waals surface area contributed by atoms with Gasteiger partial charge in [0.1, 0.15) is 6.26 Å². The monoisotopic (exact) mass is 351 g/mol. The fourth-order valence-electron chi connectivity index (χ4n) is 3.36. The summed E-state index contributed by atoms with van der Waals surface area (Å²) >= 11 is -1.04. The van der Waals surface area contributed by atoms with Crippen LogP contribution in [0.1, 0.15) is 21.6 Å². The van der Waals surface area contributed by atoms with Crippen LogP contribution in [0.3, 0.4) is 0 Å². The lowest BCUT2D eigenvalue weighted by atomic mass is 9.89. The average Bonchev–Trinajstić information content (AvgIpc) is 3.02. The van der Waals surface area contributed by atoms with Gasteiger partial charge in [0.25, 0.3) is 5.91 Å². The predicted octanol–water partition coefficient (Wildman–Crippen LogP) is 2.47. The summed E-state index contributed by atoms with van der Waals surface area (Å²) < 4.78 is 13.4. The maximum atomic E-state index is 11.9. The Morgan fingerprint density at radius 3 is 2.56 bits per heavy atom. The molecule has 0 spiro atoms. The first-order valence-electron chi connectivity index (χ1n) is 8.00. The lowest BCUT2D eigenvalue weighted by Crippen LogP contribution is -2.15. The van der Waals surface area contributed by atoms with Crippen molar-refractivity contribution in [2.24, 2.45) is 5.73 Å². The van der Waals surface area contributed by atoms with Crippen LogP contribution in [0.4, 0.5) is 0 Å². The molecule has 3 aromatic rings. The summed E-state index contributed by atoms with van der Waals surface area (Å²) in [6.07, 6.45) is 3.25. The number of aryl methyl sites for hydroxylation is 1. The molecule has 126 valence electrons. The summed E-state index contributed by atoms with van der Waals surface area (Å²) in [5.74, 6) is -0.513. The van der Waals surface area contributed by atoms with Gasteiger partial charge in [-0.2, -0.15) is 5.10 Å². The van der Waals surface area contributed by atoms with Crippen molar-refractivity contribution in [3.05, 3.63) is 65.4 Å². The maximum Gasteiger partial charge on any atom is 0.269 e. The van der Waals surface area contributed by atoms with Crippen LogP contribution in [0.25, 0.3) is 16.9 Å². The molecule has 1 unspecified atom stereocenters. The van der Waals surface area contributed by atoms with Gasteiger partial charge in [0.2, 0.25) is 0 Å². The van der Waals surface area contributed by atoms with Crippen LogP contribution in [0, 0.1) is 0 Å². The average molecular weight is 351 g/mol. The van der Waals surface area contributed by atoms with Crippen LogP contribution in [0.15, 0.2) is 53.4 Å². The van der Waals surface area contributed by atoms with Gasteiger partial charge < -0.3 is 10.3 Å². The summed E-state index contributed by atoms with van der Waals surface area (Å²) in [6, 6.07) is 15.5. The van der Waals surface area contributed by atoms with Crippen molar-refractivity contribution in [2.75, 3.05) is 6.26 Å². The summed E-state index contributed by atoms with van der Waals surface area (Å²) in [5.41, 5.74) is 10.8. The van der Waals surface area contributed by atoms with Gasteiger partial charge in [-0.25, -0.2) is 4.68 Å². The molecule has 1 aromatic heterocycles. The van der Waals surface area contributed by atoms with Gasteiger partial charge in [-0.3, -0.25) is 4.79 Å². The number of carbonyl (C=O) groups excluding carboxylic acids is 1. The topological polar surface area (TPSA) is 84.0 Å². The molecule has 0 bridgehead atoms. The standard InChI is InChI=1S/C19H17N3O2S/c1-25(24)14-9-7-13(8-10-14)22-18-15-5-3-2-4-12(15)6-11-16(18)17(21-22)19(20)23/h2-5,7-10H,6,11H2,1H3,(H2,20,23). The number of benzene rings is 2. The lowest BCUT2D eigenvalue weighted by molar-refractivity contribution is 0.0994. The quantitative estimate of drug-likeness (QED) is 0.736. The van der Waals surface area contributed by atoms with Gasteiger partial charge >= 0.3 is 0 Å². The molecule has 1 amide bonds. The van der Waals surface area contributed by atoms with Gasteiger partial charge in [-0.15, -0.1) is 0 Å². The van der Waals surface area contributed by atoms with E-state index in [2.05, 4.69) is 11.2 Å². The third-order valence-corrected chi connectivity index (χ3v) is 5.48. The largest absolute Gasteiger partial charge is 0.612 e. The molecule has 2 aromatic carbocycles. The van der Waals surface area contributed by atoms with Crippen molar-refractivity contribution in [1.82, 2.24) is 9.78 Å². The van der Waals surface area contributed by atoms with Crippen LogP contribution in [0.2, 0.25) is 0 Å². The molecule has 2 N–H and O–H groups in total. The molecule has 1 atom stereocenters. The molecule has 0 aliphatic heterocycles. The first-order chi connectivity index (χ1) is 12.1. The van der Waals surface area contributed by atoms with Crippen molar-refractivity contribution in [1.29, 1.82) is 0 Å². The van der Waals surface area contributed by atoms with E-state index in [0.717, 1.165) is 40.2 Å². The third-order valence-electron chi connectivity index (χ3n) is 4.55. The van der Waals surface area contributed by atoms with Crippen LogP contribution in [-0.4, -0.2) is 26.5 Å². The Hall–Kier alpha value is -2.57. The first kappa shape index (κ1) is 15.9. The minimum absolute atomic E-state index is 0.327. The van der Waals surface area contributed by atoms with E-state index in [1.165, 1.54) is 5.56 Å². The zero-order valence-electron chi connectivity index (χ0n) is 13.7. The van der Waals surface area contributed by atoms with Crippen molar-refractivity contribution in [2.45, 2.75) is 17.7 Å². The molecule has 1 heterocycles. The van der Waals surface area contributed by atoms with E-state index in [-0.39, 0.29) is 0 Å². The van der Waals surface area contributed by atoms with E-state index in [9.17, 15) is 9.35 Å². The number of rotatable bonds is 3. The maximum absolute atomic E-state index is 11.9. The molecular formula is C19H17N3O2S. The second kappa shape index (κ2) is 6.06. The Morgan fingerprint density at radius 2 is 1.88 bits per heavy atom. The smallest absolute Gasteiger partial charge is 0.269 e. The molecule has 0 fully saturated rings. The zero-order chi connectivity index (χ0) is 17.6. The number of amides is 1. The molecule has 5 nitrogen and oxygen atoms in total. The number of primary amides is 1. The van der Waals surface area contributed by atoms with Crippen LogP contribution in [0.5, 0.6) is 0 Å². The second-order valence-electron chi connectivity index (χ2n) is 6.06. The second-order valence-corrected chi connectivity index (χ2v) is 7.44. The number of nitrogens with zero attached hydrogens (tertiary/aromatic N) is 2. The van der Waals surface area contributed by atoms with Gasteiger partial charge in [0.05, 0.1) is 11.4 Å². The zero-order valence-corrected chi connectivity index (χ0v) is 14.5. The van der Waals surface area contributed by atoms with Gasteiger partial charge in [-0.1, -0.05) is 24.3 Å². The highest BCUT2D eigenvalue weighted by Gasteiger charge is 2.27. The predicted molar refractivity (Wildman–Crippen MR) is 97.3 cm³/mol. The van der Waals surface area contributed by atoms with E-state index in [0.29, 0.717) is 5.69 Å². The fraction of sp³-hybridized carbons (Fsp3) is 0.158. The Labute approximate surface area is 148 Å². The Kier molecular flexibility index (Phi) is 3.86. The number of fused-ring (bicyclic) bond motifs is 3. The van der Waals surface area contributed by atoms with Crippen LogP contribution in [-0.2, 0) is 24.0 Å². The Bertz CT molecular complexity index is 961. The summed E-state index contributed by atoms with van der Waals surface area (Å²) in [5, 5.41) is 4.50. The summed E-state index contributed by atoms with van der Waals surface area (Å²) in [4.78, 5) is 12.6. The fourth-order valence-corrected chi connectivity index (χ4v) is 3.88. The third kappa shape index (κ3) is 2.63. The molecule has 0 radical (unpaired) electrons. The number of nitrogens with two attached hydrogens (primary N) is 1. The molecule has 25 heavy (non-hydrogen) atoms. The van der Waals surface area contributed by atoms with Crippen LogP contribution < -0.4 is 5.73 Å². The minimum Gasteiger partial charge on any atom is -0.612 e. The van der Waals surface area contributed by atoms with Gasteiger partial charge in [0, 0.05) is 11.1 Å². The minimum atomic E-state index is -1.04. The first-order valence-corrected chi connectivity index (χ1v) is 9.56. The van der Waals surface area contributed by atoms with Crippen molar-refractivity contribution < 1.29 is 9.35 Å². The van der Waals surface area contributed by atoms with Crippen molar-refractivity contribution >= 4 is 17.1 Å². The van der Waals surface area contributed by atoms with E-state index >= 15 is 0 Å². The Balaban J connectivity index is 1.94. The number of hydrogen-bond acceptors (Lipinski definition) is 3. The molecule has 0 saturated carbocycles. The number of carbonyl (C=O) groups is 1. The lowest BCUT2D eigenvalue weighted by Gasteiger charge is -2.18. The highest BCUT2D eigenvalue weighted by Crippen LogP contribution is 2.36. The molecule has 6 heteroatoms. The van der Waals surface area contributed by atoms with E-state index in [1.807, 2.05) is 42.5 Å². The Morgan fingerprint density at radius 1 is 1.16 bits per heavy atom. The molecule has 1 aliphatic carbocycles. The number of hydrogen-bond donors (Lipinski definition) is 1. The molecule has 1 aliphatic rings. The summed E-state index contributed by atoms with van der Waals surface area (Å²) in [6.45, 7) is 0. The highest BCUT2D eigenvalue weighted by atomic mass is 32.2. The van der Waals surface area contributed by atoms with Gasteiger partial charge in [0.15, 0.2) is 10.6 Å². The normalized spacial score (nSPS) is 13.8. The van der Waals surface area contributed by atoms with Crippen molar-refractivity contribution in [3.63, 3.8) is 0 Å². The molecule has 4 rings (SSSR count). The number of aromatic nitrogens is 2. The summed E-state index contributed by atoms with van der Waals surface area (Å²) in [7, 11) is 0. The van der Waals surface area contributed by atoms with E-state index in [4.69, 9.17) is 5.73 Å². The van der Waals surface area contributed by atoms with E-state index in [1.54, 1.807) is 10.9 Å².